The summed E-state index contributed by atoms with van der Waals surface area (Å²) in [6, 6.07) is 0. The van der Waals surface area contributed by atoms with Gasteiger partial charge in [-0.3, -0.25) is 4.79 Å². The molecule has 0 unspecified atom stereocenters. The number of carbonyl (C=O) groups is 1. The average Bonchev–Trinajstić information content (AvgIpc) is 2.75. The topological polar surface area (TPSA) is 74.8 Å². The molecule has 0 aliphatic rings. The van der Waals surface area contributed by atoms with Crippen molar-refractivity contribution in [3.8, 4) is 0 Å². The maximum absolute atomic E-state index is 11.8. The van der Waals surface area contributed by atoms with Gasteiger partial charge in [0.25, 0.3) is 0 Å². The summed E-state index contributed by atoms with van der Waals surface area (Å²) >= 11 is 0. The number of aromatic amines is 1. The molecule has 89 valence electrons. The Balaban J connectivity index is 2.44. The van der Waals surface area contributed by atoms with Crippen LogP contribution in [0.3, 0.4) is 0 Å². The Bertz CT molecular complexity index is 309. The number of H-pyrrole nitrogens is 1. The summed E-state index contributed by atoms with van der Waals surface area (Å²) in [5, 5.41) is 13.3. The van der Waals surface area contributed by atoms with E-state index in [4.69, 9.17) is 0 Å². The van der Waals surface area contributed by atoms with Crippen molar-refractivity contribution in [3.63, 3.8) is 0 Å². The Morgan fingerprint density at radius 1 is 1.56 bits per heavy atom. The molecule has 1 aromatic rings. The highest BCUT2D eigenvalue weighted by Crippen LogP contribution is 2.06. The quantitative estimate of drug-likeness (QED) is 0.775. The maximum atomic E-state index is 11.8. The van der Waals surface area contributed by atoms with Gasteiger partial charge in [0.2, 0.25) is 5.91 Å². The maximum Gasteiger partial charge on any atom is 0.226 e. The van der Waals surface area contributed by atoms with E-state index >= 15 is 0 Å². The van der Waals surface area contributed by atoms with Crippen LogP contribution in [-0.2, 0) is 11.3 Å². The van der Waals surface area contributed by atoms with Crippen molar-refractivity contribution in [2.75, 3.05) is 6.54 Å². The van der Waals surface area contributed by atoms with E-state index in [0.29, 0.717) is 24.8 Å². The summed E-state index contributed by atoms with van der Waals surface area (Å²) in [6.07, 6.45) is 2.52. The average molecular weight is 224 g/mol. The molecule has 1 radical (unpaired) electrons. The van der Waals surface area contributed by atoms with Crippen molar-refractivity contribution in [1.29, 1.82) is 0 Å². The van der Waals surface area contributed by atoms with E-state index in [1.807, 2.05) is 6.92 Å². The Hall–Kier alpha value is -1.46. The molecule has 1 heterocycles. The summed E-state index contributed by atoms with van der Waals surface area (Å²) in [6.45, 7) is 7.18. The first-order valence-electron chi connectivity index (χ1n) is 5.48. The summed E-state index contributed by atoms with van der Waals surface area (Å²) in [4.78, 5) is 13.5. The van der Waals surface area contributed by atoms with Gasteiger partial charge in [-0.1, -0.05) is 13.8 Å². The van der Waals surface area contributed by atoms with Crippen molar-refractivity contribution in [1.82, 2.24) is 25.5 Å². The molecule has 1 amide bonds. The molecule has 0 bridgehead atoms. The van der Waals surface area contributed by atoms with Crippen LogP contribution in [0.25, 0.3) is 0 Å². The minimum absolute atomic E-state index is 0.0348. The van der Waals surface area contributed by atoms with Gasteiger partial charge in [0.1, 0.15) is 0 Å². The van der Waals surface area contributed by atoms with Crippen LogP contribution in [0.2, 0.25) is 0 Å². The smallest absolute Gasteiger partial charge is 0.226 e. The van der Waals surface area contributed by atoms with Crippen molar-refractivity contribution in [2.45, 2.75) is 33.7 Å². The third kappa shape index (κ3) is 3.96. The molecule has 1 rings (SSSR count). The molecule has 1 aromatic heterocycles. The molecule has 0 spiro atoms. The largest absolute Gasteiger partial charge is 0.335 e. The zero-order chi connectivity index (χ0) is 12.0. The highest BCUT2D eigenvalue weighted by atomic mass is 16.2. The molecular weight excluding hydrogens is 206 g/mol. The summed E-state index contributed by atoms with van der Waals surface area (Å²) in [5.74, 6) is 1.13. The predicted molar refractivity (Wildman–Crippen MR) is 59.0 cm³/mol. The van der Waals surface area contributed by atoms with E-state index in [1.54, 1.807) is 11.3 Å². The number of carbonyl (C=O) groups excluding carboxylic acids is 1. The van der Waals surface area contributed by atoms with E-state index in [2.05, 4.69) is 34.5 Å². The van der Waals surface area contributed by atoms with Crippen LogP contribution in [-0.4, -0.2) is 38.0 Å². The molecule has 1 N–H and O–H groups in total. The number of amides is 1. The molecule has 0 saturated heterocycles. The van der Waals surface area contributed by atoms with Crippen LogP contribution in [0, 0.1) is 12.3 Å². The van der Waals surface area contributed by atoms with Gasteiger partial charge in [-0.05, 0) is 29.7 Å². The Morgan fingerprint density at radius 3 is 2.81 bits per heavy atom. The number of hydrogen-bond acceptors (Lipinski definition) is 4. The molecule has 0 fully saturated rings. The monoisotopic (exact) mass is 224 g/mol. The number of nitrogens with one attached hydrogen (secondary N) is 1. The zero-order valence-corrected chi connectivity index (χ0v) is 9.97. The number of aromatic nitrogens is 4. The van der Waals surface area contributed by atoms with Gasteiger partial charge in [-0.15, -0.1) is 5.10 Å². The molecular formula is C10H18N5O. The Labute approximate surface area is 95.4 Å². The third-order valence-corrected chi connectivity index (χ3v) is 2.19. The summed E-state index contributed by atoms with van der Waals surface area (Å²) < 4.78 is 0. The fraction of sp³-hybridized carbons (Fsp3) is 0.700. The van der Waals surface area contributed by atoms with Crippen LogP contribution in [0.15, 0.2) is 0 Å². The minimum Gasteiger partial charge on any atom is -0.335 e. The van der Waals surface area contributed by atoms with Crippen molar-refractivity contribution in [2.24, 2.45) is 5.92 Å². The Morgan fingerprint density at radius 2 is 2.31 bits per heavy atom. The van der Waals surface area contributed by atoms with E-state index in [-0.39, 0.29) is 5.91 Å². The lowest BCUT2D eigenvalue weighted by molar-refractivity contribution is -0.128. The van der Waals surface area contributed by atoms with Crippen molar-refractivity contribution < 1.29 is 4.79 Å². The summed E-state index contributed by atoms with van der Waals surface area (Å²) in [7, 11) is 0. The van der Waals surface area contributed by atoms with Gasteiger partial charge in [-0.25, -0.2) is 5.10 Å². The molecule has 0 aromatic carbocycles. The molecule has 6 heteroatoms. The highest BCUT2D eigenvalue weighted by Gasteiger charge is 2.14. The molecule has 16 heavy (non-hydrogen) atoms. The van der Waals surface area contributed by atoms with E-state index in [9.17, 15) is 4.79 Å². The molecule has 0 atom stereocenters. The second-order valence-corrected chi connectivity index (χ2v) is 4.03. The van der Waals surface area contributed by atoms with Crippen molar-refractivity contribution in [3.05, 3.63) is 12.2 Å². The lowest BCUT2D eigenvalue weighted by Crippen LogP contribution is -2.31. The molecule has 0 aliphatic carbocycles. The van der Waals surface area contributed by atoms with Gasteiger partial charge < -0.3 is 4.90 Å². The first-order chi connectivity index (χ1) is 7.63. The number of nitrogens with zero attached hydrogens (tertiary/aromatic N) is 4. The van der Waals surface area contributed by atoms with Crippen LogP contribution >= 0.6 is 0 Å². The zero-order valence-electron chi connectivity index (χ0n) is 9.97. The van der Waals surface area contributed by atoms with Gasteiger partial charge in [-0.2, -0.15) is 0 Å². The second-order valence-electron chi connectivity index (χ2n) is 4.03. The Kier molecular flexibility index (Phi) is 4.88. The van der Waals surface area contributed by atoms with Crippen LogP contribution in [0.4, 0.5) is 0 Å². The van der Waals surface area contributed by atoms with Gasteiger partial charge in [0, 0.05) is 13.0 Å². The molecule has 0 saturated carbocycles. The minimum atomic E-state index is 0.0348. The lowest BCUT2D eigenvalue weighted by atomic mass is 10.1. The van der Waals surface area contributed by atoms with Crippen LogP contribution in [0.5, 0.6) is 0 Å². The third-order valence-electron chi connectivity index (χ3n) is 2.19. The van der Waals surface area contributed by atoms with E-state index < -0.39 is 0 Å². The van der Waals surface area contributed by atoms with E-state index in [0.717, 1.165) is 6.42 Å². The first-order valence-corrected chi connectivity index (χ1v) is 5.48. The van der Waals surface area contributed by atoms with Gasteiger partial charge >= 0.3 is 0 Å². The fourth-order valence-electron chi connectivity index (χ4n) is 1.24. The summed E-state index contributed by atoms with van der Waals surface area (Å²) in [5.41, 5.74) is 0. The number of hydrogen-bond donors (Lipinski definition) is 1. The second kappa shape index (κ2) is 6.19. The lowest BCUT2D eigenvalue weighted by Gasteiger charge is -2.19. The normalized spacial score (nSPS) is 10.8. The molecule has 0 aliphatic heterocycles. The van der Waals surface area contributed by atoms with Crippen molar-refractivity contribution >= 4 is 5.91 Å². The van der Waals surface area contributed by atoms with E-state index in [1.165, 1.54) is 0 Å². The first kappa shape index (κ1) is 12.6. The standard InChI is InChI=1S/C10H18N5O/c1-4-15(7-9-11-13-14-12-9)10(16)6-5-8(2)3/h6,8H,4-5,7H2,1-3H3,(H,11,12,13,14). The van der Waals surface area contributed by atoms with Gasteiger partial charge in [0.05, 0.1) is 6.54 Å². The number of rotatable bonds is 6. The SMILES string of the molecule is CCN(Cc1nnn[nH]1)C(=O)[CH]CC(C)C. The number of tetrazole rings is 1. The van der Waals surface area contributed by atoms with Crippen LogP contribution < -0.4 is 0 Å². The van der Waals surface area contributed by atoms with Gasteiger partial charge in [0.15, 0.2) is 5.82 Å². The fourth-order valence-corrected chi connectivity index (χ4v) is 1.24. The molecule has 6 nitrogen and oxygen atoms in total. The van der Waals surface area contributed by atoms with Crippen LogP contribution in [0.1, 0.15) is 33.0 Å². The predicted octanol–water partition coefficient (Wildman–Crippen LogP) is 0.799. The highest BCUT2D eigenvalue weighted by molar-refractivity contribution is 5.84.